The van der Waals surface area contributed by atoms with Crippen molar-refractivity contribution in [1.82, 2.24) is 0 Å². The highest BCUT2D eigenvalue weighted by Crippen LogP contribution is 2.00. The second kappa shape index (κ2) is 5.52. The Morgan fingerprint density at radius 1 is 1.23 bits per heavy atom. The van der Waals surface area contributed by atoms with Crippen LogP contribution in [-0.4, -0.2) is 12.8 Å². The van der Waals surface area contributed by atoms with Gasteiger partial charge in [-0.3, -0.25) is 4.99 Å². The van der Waals surface area contributed by atoms with Crippen LogP contribution in [0.15, 0.2) is 29.3 Å². The summed E-state index contributed by atoms with van der Waals surface area (Å²) in [6.45, 7) is 5.23. The summed E-state index contributed by atoms with van der Waals surface area (Å²) >= 11 is 0. The van der Waals surface area contributed by atoms with Crippen molar-refractivity contribution in [2.24, 2.45) is 4.99 Å². The molecule has 0 radical (unpaired) electrons. The molecule has 0 saturated carbocycles. The summed E-state index contributed by atoms with van der Waals surface area (Å²) in [6.07, 6.45) is 4.35. The lowest BCUT2D eigenvalue weighted by Gasteiger charge is -1.94. The number of aryl methyl sites for hydroxylation is 1. The molecule has 0 amide bonds. The molecule has 0 spiro atoms. The van der Waals surface area contributed by atoms with Crippen LogP contribution in [0.1, 0.15) is 30.9 Å². The van der Waals surface area contributed by atoms with Crippen LogP contribution in [-0.2, 0) is 0 Å². The Labute approximate surface area is 80.5 Å². The molecule has 0 fully saturated rings. The number of hydrogen-bond acceptors (Lipinski definition) is 1. The maximum Gasteiger partial charge on any atom is 0.0389 e. The minimum Gasteiger partial charge on any atom is -0.293 e. The van der Waals surface area contributed by atoms with Crippen molar-refractivity contribution < 1.29 is 0 Å². The van der Waals surface area contributed by atoms with Crippen LogP contribution >= 0.6 is 0 Å². The Morgan fingerprint density at radius 2 is 1.92 bits per heavy atom. The molecule has 1 nitrogen and oxygen atoms in total. The lowest BCUT2D eigenvalue weighted by molar-refractivity contribution is 0.810. The molecule has 0 heterocycles. The van der Waals surface area contributed by atoms with Crippen molar-refractivity contribution in [2.45, 2.75) is 26.7 Å². The van der Waals surface area contributed by atoms with E-state index in [4.69, 9.17) is 0 Å². The SMILES string of the molecule is CCCCN=Cc1ccc(C)cc1. The third-order valence-corrected chi connectivity index (χ3v) is 1.96. The Hall–Kier alpha value is -1.11. The van der Waals surface area contributed by atoms with E-state index < -0.39 is 0 Å². The summed E-state index contributed by atoms with van der Waals surface area (Å²) in [4.78, 5) is 4.34. The zero-order chi connectivity index (χ0) is 9.52. The second-order valence-electron chi connectivity index (χ2n) is 3.30. The van der Waals surface area contributed by atoms with Gasteiger partial charge in [0.2, 0.25) is 0 Å². The third kappa shape index (κ3) is 3.88. The van der Waals surface area contributed by atoms with Crippen molar-refractivity contribution in [2.75, 3.05) is 6.54 Å². The van der Waals surface area contributed by atoms with Crippen LogP contribution in [0.4, 0.5) is 0 Å². The highest BCUT2D eigenvalue weighted by molar-refractivity contribution is 5.79. The molecule has 0 atom stereocenters. The van der Waals surface area contributed by atoms with E-state index in [0.29, 0.717) is 0 Å². The van der Waals surface area contributed by atoms with Crippen molar-refractivity contribution >= 4 is 6.21 Å². The van der Waals surface area contributed by atoms with Gasteiger partial charge >= 0.3 is 0 Å². The van der Waals surface area contributed by atoms with Gasteiger partial charge in [-0.15, -0.1) is 0 Å². The molecule has 0 aliphatic heterocycles. The maximum absolute atomic E-state index is 4.34. The minimum absolute atomic E-state index is 0.949. The van der Waals surface area contributed by atoms with Crippen molar-refractivity contribution in [3.63, 3.8) is 0 Å². The zero-order valence-electron chi connectivity index (χ0n) is 8.46. The molecule has 1 aromatic carbocycles. The normalized spacial score (nSPS) is 10.9. The number of aliphatic imine (C=N–C) groups is 1. The first-order chi connectivity index (χ1) is 6.33. The molecule has 0 N–H and O–H groups in total. The van der Waals surface area contributed by atoms with Crippen LogP contribution < -0.4 is 0 Å². The molecule has 0 aromatic heterocycles. The predicted molar refractivity (Wildman–Crippen MR) is 58.5 cm³/mol. The largest absolute Gasteiger partial charge is 0.293 e. The van der Waals surface area contributed by atoms with Crippen molar-refractivity contribution in [1.29, 1.82) is 0 Å². The van der Waals surface area contributed by atoms with Crippen molar-refractivity contribution in [3.05, 3.63) is 35.4 Å². The molecular formula is C12H17N. The van der Waals surface area contributed by atoms with E-state index >= 15 is 0 Å². The smallest absolute Gasteiger partial charge is 0.0389 e. The van der Waals surface area contributed by atoms with E-state index in [-0.39, 0.29) is 0 Å². The summed E-state index contributed by atoms with van der Waals surface area (Å²) in [5.41, 5.74) is 2.49. The Balaban J connectivity index is 2.44. The van der Waals surface area contributed by atoms with Gasteiger partial charge < -0.3 is 0 Å². The predicted octanol–water partition coefficient (Wildman–Crippen LogP) is 3.21. The fourth-order valence-electron chi connectivity index (χ4n) is 1.07. The number of hydrogen-bond donors (Lipinski definition) is 0. The zero-order valence-corrected chi connectivity index (χ0v) is 8.46. The van der Waals surface area contributed by atoms with Gasteiger partial charge in [0.05, 0.1) is 0 Å². The first-order valence-corrected chi connectivity index (χ1v) is 4.89. The summed E-state index contributed by atoms with van der Waals surface area (Å²) in [5.74, 6) is 0. The number of unbranched alkanes of at least 4 members (excludes halogenated alkanes) is 1. The Kier molecular flexibility index (Phi) is 4.24. The van der Waals surface area contributed by atoms with E-state index in [9.17, 15) is 0 Å². The first-order valence-electron chi connectivity index (χ1n) is 4.89. The van der Waals surface area contributed by atoms with Gasteiger partial charge in [0.25, 0.3) is 0 Å². The van der Waals surface area contributed by atoms with Gasteiger partial charge in [-0.05, 0) is 18.9 Å². The molecule has 1 rings (SSSR count). The number of benzene rings is 1. The van der Waals surface area contributed by atoms with E-state index in [1.54, 1.807) is 0 Å². The monoisotopic (exact) mass is 175 g/mol. The first kappa shape index (κ1) is 9.97. The molecule has 13 heavy (non-hydrogen) atoms. The van der Waals surface area contributed by atoms with E-state index in [0.717, 1.165) is 6.54 Å². The molecular weight excluding hydrogens is 158 g/mol. The average Bonchev–Trinajstić information content (AvgIpc) is 2.15. The standard InChI is InChI=1S/C12H17N/c1-3-4-9-13-10-12-7-5-11(2)6-8-12/h5-8,10H,3-4,9H2,1-2H3. The molecule has 0 aliphatic carbocycles. The summed E-state index contributed by atoms with van der Waals surface area (Å²) in [6, 6.07) is 8.43. The van der Waals surface area contributed by atoms with Crippen LogP contribution in [0.3, 0.4) is 0 Å². The Morgan fingerprint density at radius 3 is 2.54 bits per heavy atom. The van der Waals surface area contributed by atoms with Gasteiger partial charge in [0.1, 0.15) is 0 Å². The lowest BCUT2D eigenvalue weighted by Crippen LogP contribution is -1.84. The third-order valence-electron chi connectivity index (χ3n) is 1.96. The van der Waals surface area contributed by atoms with Gasteiger partial charge in [-0.2, -0.15) is 0 Å². The van der Waals surface area contributed by atoms with Gasteiger partial charge in [-0.1, -0.05) is 43.2 Å². The lowest BCUT2D eigenvalue weighted by atomic mass is 10.2. The van der Waals surface area contributed by atoms with Crippen molar-refractivity contribution in [3.8, 4) is 0 Å². The quantitative estimate of drug-likeness (QED) is 0.492. The topological polar surface area (TPSA) is 12.4 Å². The number of rotatable bonds is 4. The molecule has 0 unspecified atom stereocenters. The summed E-state index contributed by atoms with van der Waals surface area (Å²) < 4.78 is 0. The summed E-state index contributed by atoms with van der Waals surface area (Å²) in [7, 11) is 0. The van der Waals surface area contributed by atoms with Crippen LogP contribution in [0.2, 0.25) is 0 Å². The average molecular weight is 175 g/mol. The molecule has 0 aliphatic rings. The van der Waals surface area contributed by atoms with Crippen LogP contribution in [0, 0.1) is 6.92 Å². The molecule has 0 saturated heterocycles. The second-order valence-corrected chi connectivity index (χ2v) is 3.30. The van der Waals surface area contributed by atoms with E-state index in [1.165, 1.54) is 24.0 Å². The maximum atomic E-state index is 4.34. The molecule has 1 aromatic rings. The van der Waals surface area contributed by atoms with E-state index in [1.807, 2.05) is 6.21 Å². The Bertz CT molecular complexity index is 259. The summed E-state index contributed by atoms with van der Waals surface area (Å²) in [5, 5.41) is 0. The molecule has 70 valence electrons. The molecule has 0 bridgehead atoms. The number of nitrogens with zero attached hydrogens (tertiary/aromatic N) is 1. The van der Waals surface area contributed by atoms with Crippen LogP contribution in [0.5, 0.6) is 0 Å². The fraction of sp³-hybridized carbons (Fsp3) is 0.417. The fourth-order valence-corrected chi connectivity index (χ4v) is 1.07. The minimum atomic E-state index is 0.949. The highest BCUT2D eigenvalue weighted by atomic mass is 14.7. The molecule has 1 heteroatoms. The van der Waals surface area contributed by atoms with Gasteiger partial charge in [0, 0.05) is 12.8 Å². The highest BCUT2D eigenvalue weighted by Gasteiger charge is 1.86. The van der Waals surface area contributed by atoms with Gasteiger partial charge in [0.15, 0.2) is 0 Å². The van der Waals surface area contributed by atoms with E-state index in [2.05, 4.69) is 43.1 Å². The van der Waals surface area contributed by atoms with Crippen LogP contribution in [0.25, 0.3) is 0 Å². The van der Waals surface area contributed by atoms with Gasteiger partial charge in [-0.25, -0.2) is 0 Å².